The Kier molecular flexibility index (Phi) is 4.04. The Labute approximate surface area is 119 Å². The van der Waals surface area contributed by atoms with E-state index in [1.807, 2.05) is 13.8 Å². The number of nitrogens with zero attached hydrogens (tertiary/aromatic N) is 1. The number of alkyl halides is 1. The Hall–Kier alpha value is -0.520. The second-order valence-electron chi connectivity index (χ2n) is 4.94. The van der Waals surface area contributed by atoms with Crippen LogP contribution in [-0.2, 0) is 4.74 Å². The summed E-state index contributed by atoms with van der Waals surface area (Å²) in [5.41, 5.74) is -0.392. The van der Waals surface area contributed by atoms with Crippen LogP contribution < -0.4 is 0 Å². The first kappa shape index (κ1) is 13.9. The van der Waals surface area contributed by atoms with E-state index in [-0.39, 0.29) is 12.0 Å². The Balaban J connectivity index is 2.14. The van der Waals surface area contributed by atoms with Crippen molar-refractivity contribution in [3.05, 3.63) is 22.6 Å². The summed E-state index contributed by atoms with van der Waals surface area (Å²) in [4.78, 5) is 14.0. The van der Waals surface area contributed by atoms with Crippen molar-refractivity contribution >= 4 is 33.4 Å². The molecule has 1 saturated heterocycles. The molecular weight excluding hydrogens is 321 g/mol. The molecule has 1 atom stereocenters. The van der Waals surface area contributed by atoms with Gasteiger partial charge in [-0.25, -0.2) is 0 Å². The van der Waals surface area contributed by atoms with Gasteiger partial charge in [0, 0.05) is 13.1 Å². The molecule has 0 bridgehead atoms. The van der Waals surface area contributed by atoms with Crippen molar-refractivity contribution in [3.8, 4) is 0 Å². The van der Waals surface area contributed by atoms with Gasteiger partial charge in [-0.05, 0) is 41.9 Å². The molecular formula is C12H15BrClNO3. The molecule has 1 fully saturated rings. The van der Waals surface area contributed by atoms with Crippen LogP contribution in [0.3, 0.4) is 0 Å². The van der Waals surface area contributed by atoms with Crippen LogP contribution in [0.15, 0.2) is 21.2 Å². The van der Waals surface area contributed by atoms with Gasteiger partial charge in [0.15, 0.2) is 10.4 Å². The fraction of sp³-hybridized carbons (Fsp3) is 0.583. The van der Waals surface area contributed by atoms with Gasteiger partial charge in [0.1, 0.15) is 0 Å². The van der Waals surface area contributed by atoms with E-state index in [0.29, 0.717) is 29.4 Å². The highest BCUT2D eigenvalue weighted by atomic mass is 79.9. The molecule has 18 heavy (non-hydrogen) atoms. The quantitative estimate of drug-likeness (QED) is 0.780. The maximum absolute atomic E-state index is 12.3. The smallest absolute Gasteiger partial charge is 0.289 e. The standard InChI is InChI=1S/C12H15BrClNO3/c1-12(2)7-15(6-8(5-14)18-12)11(16)9-3-4-10(13)17-9/h3-4,8H,5-7H2,1-2H3. The Morgan fingerprint density at radius 3 is 2.89 bits per heavy atom. The minimum atomic E-state index is -0.392. The van der Waals surface area contributed by atoms with Crippen molar-refractivity contribution in [2.24, 2.45) is 0 Å². The monoisotopic (exact) mass is 335 g/mol. The minimum Gasteiger partial charge on any atom is -0.444 e. The molecule has 6 heteroatoms. The molecule has 1 amide bonds. The van der Waals surface area contributed by atoms with Crippen molar-refractivity contribution in [2.45, 2.75) is 25.6 Å². The molecule has 0 aliphatic carbocycles. The lowest BCUT2D eigenvalue weighted by Gasteiger charge is -2.41. The molecule has 2 rings (SSSR count). The highest BCUT2D eigenvalue weighted by Crippen LogP contribution is 2.24. The molecule has 1 aromatic rings. The predicted octanol–water partition coefficient (Wildman–Crippen LogP) is 2.90. The third kappa shape index (κ3) is 3.08. The van der Waals surface area contributed by atoms with Gasteiger partial charge in [0.05, 0.1) is 17.6 Å². The van der Waals surface area contributed by atoms with E-state index in [0.717, 1.165) is 0 Å². The largest absolute Gasteiger partial charge is 0.444 e. The van der Waals surface area contributed by atoms with Crippen LogP contribution in [0.2, 0.25) is 0 Å². The molecule has 0 saturated carbocycles. The van der Waals surface area contributed by atoms with E-state index in [2.05, 4.69) is 15.9 Å². The van der Waals surface area contributed by atoms with E-state index >= 15 is 0 Å². The molecule has 0 N–H and O–H groups in total. The number of furan rings is 1. The molecule has 1 aliphatic rings. The zero-order valence-corrected chi connectivity index (χ0v) is 12.6. The van der Waals surface area contributed by atoms with Crippen LogP contribution in [0.4, 0.5) is 0 Å². The summed E-state index contributed by atoms with van der Waals surface area (Å²) >= 11 is 9.02. The number of halogens is 2. The van der Waals surface area contributed by atoms with Crippen molar-refractivity contribution in [2.75, 3.05) is 19.0 Å². The van der Waals surface area contributed by atoms with E-state index in [1.165, 1.54) is 0 Å². The molecule has 1 aliphatic heterocycles. The summed E-state index contributed by atoms with van der Waals surface area (Å²) in [6.07, 6.45) is -0.141. The van der Waals surface area contributed by atoms with Gasteiger partial charge in [-0.3, -0.25) is 4.79 Å². The van der Waals surface area contributed by atoms with E-state index in [9.17, 15) is 4.79 Å². The third-order valence-corrected chi connectivity index (χ3v) is 3.50. The summed E-state index contributed by atoms with van der Waals surface area (Å²) in [7, 11) is 0. The highest BCUT2D eigenvalue weighted by molar-refractivity contribution is 9.10. The molecule has 4 nitrogen and oxygen atoms in total. The first-order chi connectivity index (χ1) is 8.41. The molecule has 0 spiro atoms. The zero-order chi connectivity index (χ0) is 13.3. The van der Waals surface area contributed by atoms with Crippen LogP contribution >= 0.6 is 27.5 Å². The number of carbonyl (C=O) groups excluding carboxylic acids is 1. The number of amides is 1. The predicted molar refractivity (Wildman–Crippen MR) is 72.0 cm³/mol. The van der Waals surface area contributed by atoms with E-state index < -0.39 is 5.60 Å². The number of rotatable bonds is 2. The van der Waals surface area contributed by atoms with Gasteiger partial charge in [-0.15, -0.1) is 11.6 Å². The summed E-state index contributed by atoms with van der Waals surface area (Å²) in [6, 6.07) is 3.36. The lowest BCUT2D eigenvalue weighted by Crippen LogP contribution is -2.55. The topological polar surface area (TPSA) is 42.7 Å². The van der Waals surface area contributed by atoms with Gasteiger partial charge in [-0.2, -0.15) is 0 Å². The number of hydrogen-bond donors (Lipinski definition) is 0. The fourth-order valence-corrected chi connectivity index (χ4v) is 2.58. The average Bonchev–Trinajstić information content (AvgIpc) is 2.72. The highest BCUT2D eigenvalue weighted by Gasteiger charge is 2.36. The molecule has 1 aromatic heterocycles. The van der Waals surface area contributed by atoms with E-state index in [4.69, 9.17) is 20.8 Å². The maximum atomic E-state index is 12.3. The van der Waals surface area contributed by atoms with Gasteiger partial charge in [0.25, 0.3) is 5.91 Å². The lowest BCUT2D eigenvalue weighted by molar-refractivity contribution is -0.117. The fourth-order valence-electron chi connectivity index (χ4n) is 2.12. The second-order valence-corrected chi connectivity index (χ2v) is 6.03. The summed E-state index contributed by atoms with van der Waals surface area (Å²) in [5.74, 6) is 0.565. The Morgan fingerprint density at radius 1 is 1.61 bits per heavy atom. The first-order valence-electron chi connectivity index (χ1n) is 5.70. The van der Waals surface area contributed by atoms with Crippen molar-refractivity contribution in [3.63, 3.8) is 0 Å². The first-order valence-corrected chi connectivity index (χ1v) is 7.02. The minimum absolute atomic E-state index is 0.132. The van der Waals surface area contributed by atoms with Gasteiger partial charge < -0.3 is 14.1 Å². The maximum Gasteiger partial charge on any atom is 0.289 e. The SMILES string of the molecule is CC1(C)CN(C(=O)c2ccc(Br)o2)CC(CCl)O1. The van der Waals surface area contributed by atoms with Crippen molar-refractivity contribution in [1.29, 1.82) is 0 Å². The zero-order valence-electron chi connectivity index (χ0n) is 10.3. The molecule has 0 radical (unpaired) electrons. The molecule has 1 unspecified atom stereocenters. The van der Waals surface area contributed by atoms with Crippen LogP contribution in [-0.4, -0.2) is 41.5 Å². The van der Waals surface area contributed by atoms with Crippen molar-refractivity contribution < 1.29 is 13.9 Å². The number of hydrogen-bond acceptors (Lipinski definition) is 3. The number of carbonyl (C=O) groups is 1. The van der Waals surface area contributed by atoms with Gasteiger partial charge >= 0.3 is 0 Å². The Morgan fingerprint density at radius 2 is 2.33 bits per heavy atom. The number of ether oxygens (including phenoxy) is 1. The van der Waals surface area contributed by atoms with Crippen LogP contribution in [0, 0.1) is 0 Å². The van der Waals surface area contributed by atoms with Crippen LogP contribution in [0.25, 0.3) is 0 Å². The summed E-state index contributed by atoms with van der Waals surface area (Å²) in [5, 5.41) is 0. The second kappa shape index (κ2) is 5.23. The van der Waals surface area contributed by atoms with Crippen molar-refractivity contribution in [1.82, 2.24) is 4.90 Å². The van der Waals surface area contributed by atoms with E-state index in [1.54, 1.807) is 17.0 Å². The number of morpholine rings is 1. The normalized spacial score (nSPS) is 23.1. The van der Waals surface area contributed by atoms with Crippen LogP contribution in [0.5, 0.6) is 0 Å². The summed E-state index contributed by atoms with van der Waals surface area (Å²) < 4.78 is 11.6. The average molecular weight is 337 g/mol. The lowest BCUT2D eigenvalue weighted by atomic mass is 10.1. The van der Waals surface area contributed by atoms with Gasteiger partial charge in [-0.1, -0.05) is 0 Å². The third-order valence-electron chi connectivity index (χ3n) is 2.72. The Bertz CT molecular complexity index is 446. The molecule has 0 aromatic carbocycles. The molecule has 2 heterocycles. The summed E-state index contributed by atoms with van der Waals surface area (Å²) in [6.45, 7) is 4.91. The van der Waals surface area contributed by atoms with Crippen LogP contribution in [0.1, 0.15) is 24.4 Å². The van der Waals surface area contributed by atoms with Gasteiger partial charge in [0.2, 0.25) is 0 Å². The molecule has 100 valence electrons.